The third kappa shape index (κ3) is 3.27. The normalized spacial score (nSPS) is 23.8. The van der Waals surface area contributed by atoms with Crippen LogP contribution in [0, 0.1) is 5.92 Å². The number of hydrogen-bond acceptors (Lipinski definition) is 7. The minimum atomic E-state index is -1.40. The molecule has 0 amide bonds. The zero-order valence-corrected chi connectivity index (χ0v) is 22.5. The van der Waals surface area contributed by atoms with E-state index < -0.39 is 23.1 Å². The molecular formula is C31H32O7. The number of benzene rings is 3. The standard InChI is InChI=1S/C31H32O7/c1-16-12-18-13-21-27(37-15-36-21)24-22(18)23-19(14-20(34-5)26(35-6)25(23)30(24,2)3)28(31(16,4)33)38-29(32)17-10-8-7-9-11-17/h7-11,13-14,16,28,33H,12,15H2,1-6H3/t16-,28+,31+/m0/s1. The van der Waals surface area contributed by atoms with Crippen LogP contribution in [0.2, 0.25) is 0 Å². The summed E-state index contributed by atoms with van der Waals surface area (Å²) in [6, 6.07) is 12.7. The van der Waals surface area contributed by atoms with E-state index in [0.717, 1.165) is 33.6 Å². The Morgan fingerprint density at radius 3 is 2.42 bits per heavy atom. The van der Waals surface area contributed by atoms with Crippen molar-refractivity contribution < 1.29 is 33.6 Å². The van der Waals surface area contributed by atoms with Crippen LogP contribution in [0.1, 0.15) is 66.4 Å². The second-order valence-electron chi connectivity index (χ2n) is 11.1. The van der Waals surface area contributed by atoms with Gasteiger partial charge in [-0.25, -0.2) is 4.79 Å². The number of aliphatic hydroxyl groups is 1. The van der Waals surface area contributed by atoms with Crippen molar-refractivity contribution in [2.75, 3.05) is 21.0 Å². The summed E-state index contributed by atoms with van der Waals surface area (Å²) in [4.78, 5) is 13.4. The minimum absolute atomic E-state index is 0.148. The van der Waals surface area contributed by atoms with Crippen molar-refractivity contribution in [2.24, 2.45) is 5.92 Å². The zero-order chi connectivity index (χ0) is 27.0. The third-order valence-corrected chi connectivity index (χ3v) is 8.52. The van der Waals surface area contributed by atoms with Crippen molar-refractivity contribution in [1.82, 2.24) is 0 Å². The van der Waals surface area contributed by atoms with E-state index in [9.17, 15) is 9.90 Å². The number of fused-ring (bicyclic) bond motifs is 2. The highest BCUT2D eigenvalue weighted by Crippen LogP contribution is 2.64. The van der Waals surface area contributed by atoms with Gasteiger partial charge in [-0.1, -0.05) is 39.0 Å². The number of esters is 1. The Hall–Kier alpha value is -3.71. The lowest BCUT2D eigenvalue weighted by Gasteiger charge is -2.40. The molecule has 1 heterocycles. The van der Waals surface area contributed by atoms with Gasteiger partial charge in [0.25, 0.3) is 0 Å². The van der Waals surface area contributed by atoms with Gasteiger partial charge in [0.05, 0.1) is 19.8 Å². The van der Waals surface area contributed by atoms with Crippen molar-refractivity contribution in [3.05, 3.63) is 70.3 Å². The summed E-state index contributed by atoms with van der Waals surface area (Å²) < 4.78 is 29.8. The first-order valence-corrected chi connectivity index (χ1v) is 12.8. The molecule has 3 aromatic rings. The second-order valence-corrected chi connectivity index (χ2v) is 11.1. The first-order valence-electron chi connectivity index (χ1n) is 12.8. The van der Waals surface area contributed by atoms with Crippen molar-refractivity contribution in [3.63, 3.8) is 0 Å². The predicted octanol–water partition coefficient (Wildman–Crippen LogP) is 5.58. The van der Waals surface area contributed by atoms with E-state index in [4.69, 9.17) is 23.7 Å². The molecule has 7 heteroatoms. The Labute approximate surface area is 222 Å². The summed E-state index contributed by atoms with van der Waals surface area (Å²) in [6.07, 6.45) is -0.423. The molecule has 6 rings (SSSR count). The number of carbonyl (C=O) groups excluding carboxylic acids is 1. The van der Waals surface area contributed by atoms with Crippen LogP contribution in [-0.4, -0.2) is 37.7 Å². The minimum Gasteiger partial charge on any atom is -0.493 e. The van der Waals surface area contributed by atoms with Crippen LogP contribution in [0.3, 0.4) is 0 Å². The fraction of sp³-hybridized carbons (Fsp3) is 0.387. The van der Waals surface area contributed by atoms with Gasteiger partial charge < -0.3 is 28.8 Å². The van der Waals surface area contributed by atoms with E-state index in [0.29, 0.717) is 34.8 Å². The van der Waals surface area contributed by atoms with Gasteiger partial charge in [-0.2, -0.15) is 0 Å². The van der Waals surface area contributed by atoms with E-state index >= 15 is 0 Å². The maximum Gasteiger partial charge on any atom is 0.338 e. The summed E-state index contributed by atoms with van der Waals surface area (Å²) in [5.41, 5.74) is 3.99. The average molecular weight is 517 g/mol. The number of carbonyl (C=O) groups is 1. The molecule has 1 N–H and O–H groups in total. The Kier molecular flexibility index (Phi) is 5.44. The van der Waals surface area contributed by atoms with Crippen LogP contribution < -0.4 is 18.9 Å². The number of hydrogen-bond donors (Lipinski definition) is 1. The van der Waals surface area contributed by atoms with Gasteiger partial charge in [0.2, 0.25) is 6.79 Å². The molecule has 38 heavy (non-hydrogen) atoms. The summed E-state index contributed by atoms with van der Waals surface area (Å²) >= 11 is 0. The van der Waals surface area contributed by atoms with E-state index in [1.165, 1.54) is 0 Å². The van der Waals surface area contributed by atoms with E-state index in [2.05, 4.69) is 13.8 Å². The molecule has 7 nitrogen and oxygen atoms in total. The van der Waals surface area contributed by atoms with Crippen molar-refractivity contribution in [3.8, 4) is 34.1 Å². The predicted molar refractivity (Wildman–Crippen MR) is 141 cm³/mol. The van der Waals surface area contributed by atoms with Gasteiger partial charge in [-0.3, -0.25) is 0 Å². The molecule has 0 saturated carbocycles. The van der Waals surface area contributed by atoms with Crippen LogP contribution in [0.15, 0.2) is 42.5 Å². The molecule has 0 aromatic heterocycles. The first kappa shape index (κ1) is 24.6. The molecule has 3 aromatic carbocycles. The molecule has 3 aliphatic rings. The molecule has 0 spiro atoms. The fourth-order valence-corrected chi connectivity index (χ4v) is 6.39. The molecule has 0 fully saturated rings. The lowest BCUT2D eigenvalue weighted by atomic mass is 9.73. The van der Waals surface area contributed by atoms with Gasteiger partial charge in [0, 0.05) is 22.1 Å². The van der Waals surface area contributed by atoms with Gasteiger partial charge >= 0.3 is 5.97 Å². The van der Waals surface area contributed by atoms with Crippen molar-refractivity contribution >= 4 is 5.97 Å². The molecule has 2 aliphatic carbocycles. The summed E-state index contributed by atoms with van der Waals surface area (Å²) in [5.74, 6) is 1.75. The Morgan fingerprint density at radius 1 is 1.00 bits per heavy atom. The highest BCUT2D eigenvalue weighted by Gasteiger charge is 2.52. The second kappa shape index (κ2) is 8.40. The van der Waals surface area contributed by atoms with Crippen LogP contribution in [0.5, 0.6) is 23.0 Å². The molecular weight excluding hydrogens is 484 g/mol. The molecule has 0 radical (unpaired) electrons. The van der Waals surface area contributed by atoms with Gasteiger partial charge in [0.1, 0.15) is 5.60 Å². The van der Waals surface area contributed by atoms with Crippen LogP contribution in [-0.2, 0) is 16.6 Å². The first-order chi connectivity index (χ1) is 18.1. The molecule has 1 aliphatic heterocycles. The van der Waals surface area contributed by atoms with E-state index in [-0.39, 0.29) is 12.7 Å². The maximum absolute atomic E-state index is 13.4. The summed E-state index contributed by atoms with van der Waals surface area (Å²) in [7, 11) is 3.21. The molecule has 0 bridgehead atoms. The summed E-state index contributed by atoms with van der Waals surface area (Å²) in [6.45, 7) is 8.12. The molecule has 198 valence electrons. The highest BCUT2D eigenvalue weighted by molar-refractivity contribution is 5.93. The molecule has 0 saturated heterocycles. The third-order valence-electron chi connectivity index (χ3n) is 8.52. The van der Waals surface area contributed by atoms with Crippen LogP contribution in [0.4, 0.5) is 0 Å². The van der Waals surface area contributed by atoms with Gasteiger partial charge in [-0.15, -0.1) is 0 Å². The smallest absolute Gasteiger partial charge is 0.338 e. The number of rotatable bonds is 4. The van der Waals surface area contributed by atoms with Gasteiger partial charge in [0.15, 0.2) is 29.1 Å². The van der Waals surface area contributed by atoms with E-state index in [1.807, 2.05) is 25.1 Å². The monoisotopic (exact) mass is 516 g/mol. The lowest BCUT2D eigenvalue weighted by Crippen LogP contribution is -2.43. The fourth-order valence-electron chi connectivity index (χ4n) is 6.39. The topological polar surface area (TPSA) is 83.5 Å². The average Bonchev–Trinajstić information content (AvgIpc) is 3.46. The highest BCUT2D eigenvalue weighted by atomic mass is 16.7. The largest absolute Gasteiger partial charge is 0.493 e. The van der Waals surface area contributed by atoms with Crippen LogP contribution >= 0.6 is 0 Å². The quantitative estimate of drug-likeness (QED) is 0.453. The van der Waals surface area contributed by atoms with Crippen LogP contribution in [0.25, 0.3) is 11.1 Å². The van der Waals surface area contributed by atoms with Crippen molar-refractivity contribution in [2.45, 2.75) is 51.2 Å². The molecule has 3 atom stereocenters. The van der Waals surface area contributed by atoms with Crippen molar-refractivity contribution in [1.29, 1.82) is 0 Å². The molecule has 0 unspecified atom stereocenters. The lowest BCUT2D eigenvalue weighted by molar-refractivity contribution is -0.107. The zero-order valence-electron chi connectivity index (χ0n) is 22.5. The maximum atomic E-state index is 13.4. The van der Waals surface area contributed by atoms with E-state index in [1.54, 1.807) is 45.4 Å². The van der Waals surface area contributed by atoms with Gasteiger partial charge in [-0.05, 0) is 60.2 Å². The number of ether oxygens (including phenoxy) is 5. The summed E-state index contributed by atoms with van der Waals surface area (Å²) in [5, 5.41) is 12.1. The Bertz CT molecular complexity index is 1460. The number of methoxy groups -OCH3 is 2. The Morgan fingerprint density at radius 2 is 1.74 bits per heavy atom. The SMILES string of the molecule is COc1cc2c3c(c1OC)C(C)(C)c1c4c(cc(c1-3)C[C@H](C)[C@@](C)(O)[C@@H]2OC(=O)c1ccccc1)OCO4. The Balaban J connectivity index is 1.69.